The Balaban J connectivity index is 4.89. The van der Waals surface area contributed by atoms with E-state index in [4.69, 9.17) is 13.8 Å². The van der Waals surface area contributed by atoms with Crippen LogP contribution < -0.4 is 10.2 Å². The number of phosphoric ester groups is 1. The van der Waals surface area contributed by atoms with Crippen molar-refractivity contribution in [2.45, 2.75) is 405 Å². The van der Waals surface area contributed by atoms with Gasteiger partial charge in [0.1, 0.15) is 19.3 Å². The summed E-state index contributed by atoms with van der Waals surface area (Å²) in [7, 11) is 1.21. The molecule has 0 radical (unpaired) electrons. The number of unbranched alkanes of at least 4 members (excludes halogenated alkanes) is 53. The van der Waals surface area contributed by atoms with E-state index < -0.39 is 20.0 Å². The highest BCUT2D eigenvalue weighted by atomic mass is 31.2. The number of nitrogens with one attached hydrogen (secondary N) is 1. The molecule has 0 saturated carbocycles. The number of ether oxygens (including phenoxy) is 1. The number of quaternary nitrogens is 1. The molecule has 83 heavy (non-hydrogen) atoms. The fourth-order valence-corrected chi connectivity index (χ4v) is 12.3. The molecule has 0 heterocycles. The van der Waals surface area contributed by atoms with Crippen LogP contribution in [0.2, 0.25) is 0 Å². The molecule has 0 aliphatic rings. The highest BCUT2D eigenvalue weighted by Crippen LogP contribution is 2.38. The first-order chi connectivity index (χ1) is 40.4. The van der Waals surface area contributed by atoms with Gasteiger partial charge < -0.3 is 28.5 Å². The van der Waals surface area contributed by atoms with Gasteiger partial charge in [-0.15, -0.1) is 0 Å². The summed E-state index contributed by atoms with van der Waals surface area (Å²) < 4.78 is 30.5. The third-order valence-corrected chi connectivity index (χ3v) is 18.2. The normalized spacial score (nSPS) is 13.5. The van der Waals surface area contributed by atoms with Gasteiger partial charge in [0.15, 0.2) is 0 Å². The third kappa shape index (κ3) is 65.0. The van der Waals surface area contributed by atoms with Crippen molar-refractivity contribution in [2.75, 3.05) is 40.9 Å². The van der Waals surface area contributed by atoms with Crippen molar-refractivity contribution in [3.8, 4) is 0 Å². The highest BCUT2D eigenvalue weighted by molar-refractivity contribution is 7.45. The maximum Gasteiger partial charge on any atom is 0.306 e. The van der Waals surface area contributed by atoms with Crippen LogP contribution in [0.15, 0.2) is 12.2 Å². The molecule has 0 spiro atoms. The van der Waals surface area contributed by atoms with Gasteiger partial charge in [-0.2, -0.15) is 0 Å². The van der Waals surface area contributed by atoms with E-state index in [-0.39, 0.29) is 31.5 Å². The number of hydrogen-bond acceptors (Lipinski definition) is 7. The Morgan fingerprint density at radius 2 is 0.687 bits per heavy atom. The number of amides is 1. The number of likely N-dealkylation sites (N-methyl/N-ethyl adjacent to an activating group) is 1. The maximum atomic E-state index is 13.6. The van der Waals surface area contributed by atoms with E-state index in [1.54, 1.807) is 0 Å². The number of rotatable bonds is 69. The minimum Gasteiger partial charge on any atom is -0.756 e. The molecule has 0 fully saturated rings. The Labute approximate surface area is 518 Å². The average Bonchev–Trinajstić information content (AvgIpc) is 3.51. The molecule has 3 unspecified atom stereocenters. The van der Waals surface area contributed by atoms with Gasteiger partial charge in [0.25, 0.3) is 7.82 Å². The summed E-state index contributed by atoms with van der Waals surface area (Å²) in [5, 5.41) is 3.05. The smallest absolute Gasteiger partial charge is 0.306 e. The maximum absolute atomic E-state index is 13.6. The third-order valence-electron chi connectivity index (χ3n) is 17.2. The molecular weight excluding hydrogens is 1050 g/mol. The largest absolute Gasteiger partial charge is 0.756 e. The zero-order chi connectivity index (χ0) is 60.7. The number of phosphoric acid groups is 1. The summed E-state index contributed by atoms with van der Waals surface area (Å²) in [5.74, 6) is -0.513. The monoisotopic (exact) mass is 1190 g/mol. The van der Waals surface area contributed by atoms with Gasteiger partial charge in [0.2, 0.25) is 5.91 Å². The van der Waals surface area contributed by atoms with E-state index in [9.17, 15) is 19.0 Å². The fourth-order valence-electron chi connectivity index (χ4n) is 11.5. The first kappa shape index (κ1) is 81.8. The molecule has 0 rings (SSSR count). The second-order valence-corrected chi connectivity index (χ2v) is 28.2. The van der Waals surface area contributed by atoms with Crippen molar-refractivity contribution >= 4 is 19.7 Å². The first-order valence-electron chi connectivity index (χ1n) is 37.0. The lowest BCUT2D eigenvalue weighted by molar-refractivity contribution is -0.870. The van der Waals surface area contributed by atoms with Crippen LogP contribution in [0.5, 0.6) is 0 Å². The van der Waals surface area contributed by atoms with Gasteiger partial charge in [-0.3, -0.25) is 14.2 Å². The summed E-state index contributed by atoms with van der Waals surface area (Å²) in [4.78, 5) is 40.2. The molecule has 494 valence electrons. The van der Waals surface area contributed by atoms with E-state index >= 15 is 0 Å². The Bertz CT molecular complexity index is 1420. The SMILES string of the molecule is CCCCCCCCCCC/C=C\C(OC(=O)CCCCCCCCCCCCCCCCCCCCCCCCCCCCC)C(COP(=O)([O-])OCC[N+](C)(C)C)NC(=O)CCCCCCCCCCCCCCCCCCCCC. The summed E-state index contributed by atoms with van der Waals surface area (Å²) in [6.45, 7) is 6.92. The first-order valence-corrected chi connectivity index (χ1v) is 38.5. The number of esters is 1. The van der Waals surface area contributed by atoms with Crippen molar-refractivity contribution in [1.82, 2.24) is 5.32 Å². The van der Waals surface area contributed by atoms with Crippen LogP contribution in [0.3, 0.4) is 0 Å². The quantitative estimate of drug-likeness (QED) is 0.0212. The second-order valence-electron chi connectivity index (χ2n) is 26.8. The van der Waals surface area contributed by atoms with E-state index in [1.165, 1.54) is 302 Å². The molecular formula is C73H145N2O7P. The number of hydrogen-bond donors (Lipinski definition) is 1. The lowest BCUT2D eigenvalue weighted by Gasteiger charge is -2.30. The standard InChI is InChI=1S/C73H145N2O7P/c1-7-10-13-16-19-22-25-27-29-31-33-34-35-36-37-38-39-40-42-44-46-48-51-54-57-60-63-66-73(77)82-71(64-61-58-55-52-49-24-21-18-15-12-9-3)70(69-81-83(78,79)80-68-67-75(4,5)6)74-72(76)65-62-59-56-53-50-47-45-43-41-32-30-28-26-23-20-17-14-11-8-2/h61,64,70-71H,7-60,62-63,65-69H2,1-6H3,(H-,74,76,78,79)/b64-61-. The summed E-state index contributed by atoms with van der Waals surface area (Å²) >= 11 is 0. The van der Waals surface area contributed by atoms with E-state index in [2.05, 4.69) is 26.1 Å². The van der Waals surface area contributed by atoms with Gasteiger partial charge in [-0.1, -0.05) is 361 Å². The Morgan fingerprint density at radius 3 is 0.988 bits per heavy atom. The average molecular weight is 1190 g/mol. The Kier molecular flexibility index (Phi) is 62.8. The van der Waals surface area contributed by atoms with Crippen molar-refractivity contribution in [3.05, 3.63) is 12.2 Å². The Hall–Kier alpha value is -1.25. The molecule has 1 N–H and O–H groups in total. The zero-order valence-corrected chi connectivity index (χ0v) is 57.6. The van der Waals surface area contributed by atoms with Crippen LogP contribution in [-0.2, 0) is 27.9 Å². The highest BCUT2D eigenvalue weighted by Gasteiger charge is 2.27. The molecule has 10 heteroatoms. The fraction of sp³-hybridized carbons (Fsp3) is 0.945. The molecule has 0 bridgehead atoms. The van der Waals surface area contributed by atoms with Gasteiger partial charge in [0, 0.05) is 12.8 Å². The minimum atomic E-state index is -4.70. The molecule has 0 aromatic rings. The molecule has 1 amide bonds. The number of nitrogens with zero attached hydrogens (tertiary/aromatic N) is 1. The molecule has 0 aliphatic heterocycles. The topological polar surface area (TPSA) is 114 Å². The molecule has 0 aliphatic carbocycles. The van der Waals surface area contributed by atoms with Crippen molar-refractivity contribution in [2.24, 2.45) is 0 Å². The van der Waals surface area contributed by atoms with Crippen LogP contribution in [0.25, 0.3) is 0 Å². The van der Waals surface area contributed by atoms with Crippen LogP contribution in [0.4, 0.5) is 0 Å². The predicted molar refractivity (Wildman–Crippen MR) is 358 cm³/mol. The number of carbonyl (C=O) groups excluding carboxylic acids is 2. The summed E-state index contributed by atoms with van der Waals surface area (Å²) in [6, 6.07) is -0.880. The summed E-state index contributed by atoms with van der Waals surface area (Å²) in [6.07, 6.45) is 76.4. The van der Waals surface area contributed by atoms with Crippen molar-refractivity contribution < 1.29 is 37.3 Å². The van der Waals surface area contributed by atoms with Crippen molar-refractivity contribution in [3.63, 3.8) is 0 Å². The lowest BCUT2D eigenvalue weighted by Crippen LogP contribution is -2.47. The molecule has 0 aromatic heterocycles. The Morgan fingerprint density at radius 1 is 0.410 bits per heavy atom. The zero-order valence-electron chi connectivity index (χ0n) is 56.7. The van der Waals surface area contributed by atoms with E-state index in [0.29, 0.717) is 17.4 Å². The van der Waals surface area contributed by atoms with E-state index in [0.717, 1.165) is 57.8 Å². The molecule has 0 aromatic carbocycles. The summed E-state index contributed by atoms with van der Waals surface area (Å²) in [5.41, 5.74) is 0. The van der Waals surface area contributed by atoms with E-state index in [1.807, 2.05) is 33.3 Å². The van der Waals surface area contributed by atoms with Crippen LogP contribution >= 0.6 is 7.82 Å². The molecule has 3 atom stereocenters. The molecule has 9 nitrogen and oxygen atoms in total. The van der Waals surface area contributed by atoms with Crippen LogP contribution in [0.1, 0.15) is 393 Å². The van der Waals surface area contributed by atoms with Gasteiger partial charge in [0.05, 0.1) is 33.8 Å². The number of allylic oxidation sites excluding steroid dienone is 1. The predicted octanol–water partition coefficient (Wildman–Crippen LogP) is 22.8. The lowest BCUT2D eigenvalue weighted by atomic mass is 10.0. The van der Waals surface area contributed by atoms with Crippen LogP contribution in [0, 0.1) is 0 Å². The van der Waals surface area contributed by atoms with Gasteiger partial charge in [-0.25, -0.2) is 0 Å². The van der Waals surface area contributed by atoms with Gasteiger partial charge >= 0.3 is 5.97 Å². The minimum absolute atomic E-state index is 0.0165. The second kappa shape index (κ2) is 63.8. The van der Waals surface area contributed by atoms with Gasteiger partial charge in [-0.05, 0) is 31.8 Å². The van der Waals surface area contributed by atoms with Crippen molar-refractivity contribution in [1.29, 1.82) is 0 Å². The molecule has 0 saturated heterocycles. The van der Waals surface area contributed by atoms with Crippen LogP contribution in [-0.4, -0.2) is 69.4 Å². The number of carbonyl (C=O) groups is 2.